The number of rotatable bonds is 6. The van der Waals surface area contributed by atoms with Gasteiger partial charge in [-0.25, -0.2) is 4.79 Å². The van der Waals surface area contributed by atoms with E-state index in [4.69, 9.17) is 24.7 Å². The minimum Gasteiger partial charge on any atom is -0.454 e. The van der Waals surface area contributed by atoms with E-state index >= 15 is 0 Å². The fourth-order valence-corrected chi connectivity index (χ4v) is 11.3. The first-order valence-electron chi connectivity index (χ1n) is 14.5. The highest BCUT2D eigenvalue weighted by molar-refractivity contribution is 5.95. The van der Waals surface area contributed by atoms with Gasteiger partial charge in [-0.15, -0.1) is 0 Å². The molecule has 1 spiro atoms. The van der Waals surface area contributed by atoms with Crippen LogP contribution in [-0.2, 0) is 18.9 Å². The number of hydrogen-bond donors (Lipinski definition) is 3. The second-order valence-electron chi connectivity index (χ2n) is 13.0. The highest BCUT2D eigenvalue weighted by Crippen LogP contribution is 2.79. The number of para-hydroxylation sites is 1. The molecule has 7 bridgehead atoms. The summed E-state index contributed by atoms with van der Waals surface area (Å²) < 4.78 is 24.9. The zero-order valence-corrected chi connectivity index (χ0v) is 23.3. The first-order chi connectivity index (χ1) is 18.7. The summed E-state index contributed by atoms with van der Waals surface area (Å²) in [6.07, 6.45) is 2.17. The zero-order valence-electron chi connectivity index (χ0n) is 23.3. The number of carbonyl (C=O) groups is 1. The molecule has 4 N–H and O–H groups in total. The molecule has 1 aromatic carbocycles. The van der Waals surface area contributed by atoms with Crippen molar-refractivity contribution in [2.24, 2.45) is 29.1 Å². The fraction of sp³-hybridized carbons (Fsp3) is 0.767. The molecule has 5 saturated carbocycles. The molecule has 0 radical (unpaired) electrons. The van der Waals surface area contributed by atoms with E-state index in [-0.39, 0.29) is 41.9 Å². The maximum absolute atomic E-state index is 13.7. The van der Waals surface area contributed by atoms with Crippen molar-refractivity contribution >= 4 is 11.7 Å². The number of fused-ring (bicyclic) bond motifs is 2. The molecule has 1 aliphatic heterocycles. The van der Waals surface area contributed by atoms with Gasteiger partial charge >= 0.3 is 5.97 Å². The molecule has 39 heavy (non-hydrogen) atoms. The molecule has 214 valence electrons. The molecule has 0 amide bonds. The number of nitrogen functional groups attached to an aromatic ring is 1. The lowest BCUT2D eigenvalue weighted by Crippen LogP contribution is -2.83. The van der Waals surface area contributed by atoms with Crippen molar-refractivity contribution in [1.29, 1.82) is 0 Å². The normalized spacial score (nSPS) is 51.1. The molecule has 12 atom stereocenters. The second kappa shape index (κ2) is 8.39. The van der Waals surface area contributed by atoms with Gasteiger partial charge in [0.1, 0.15) is 16.8 Å². The molecule has 9 heteroatoms. The minimum absolute atomic E-state index is 0.00601. The Bertz CT molecular complexity index is 1180. The third-order valence-corrected chi connectivity index (χ3v) is 12.4. The standard InChI is InChI=1S/C30H42N2O7/c1-5-32-15-27(39-26(33)16-8-6-7-9-19(16)31)11-10-23(37-3)29-21(27)13-18(24(29)32)28(34)14-20(36-2)17-12-22(29)30(28,35)25(17)38-4/h6-9,17-18,20-25,34-35H,5,10-15,31H2,1-4H3/t17-,18-,20-,21+,22-,23-,24+,25-,27-,28+,29-,30-/m0/s1. The number of ether oxygens (including phenoxy) is 4. The number of nitrogens with zero attached hydrogens (tertiary/aromatic N) is 1. The van der Waals surface area contributed by atoms with Crippen molar-refractivity contribution in [1.82, 2.24) is 4.90 Å². The predicted octanol–water partition coefficient (Wildman–Crippen LogP) is 1.85. The lowest BCUT2D eigenvalue weighted by atomic mass is 9.44. The summed E-state index contributed by atoms with van der Waals surface area (Å²) >= 11 is 0. The van der Waals surface area contributed by atoms with Crippen molar-refractivity contribution in [3.63, 3.8) is 0 Å². The fourth-order valence-electron chi connectivity index (χ4n) is 11.3. The van der Waals surface area contributed by atoms with Gasteiger partial charge in [0.05, 0.1) is 23.9 Å². The summed E-state index contributed by atoms with van der Waals surface area (Å²) in [5, 5.41) is 25.6. The number of anilines is 1. The van der Waals surface area contributed by atoms with Crippen LogP contribution in [0.3, 0.4) is 0 Å². The second-order valence-corrected chi connectivity index (χ2v) is 13.0. The Hall–Kier alpha value is -1.75. The van der Waals surface area contributed by atoms with Crippen molar-refractivity contribution in [2.75, 3.05) is 40.2 Å². The van der Waals surface area contributed by atoms with E-state index in [0.29, 0.717) is 49.9 Å². The Kier molecular flexibility index (Phi) is 5.63. The number of likely N-dealkylation sites (tertiary alicyclic amines) is 1. The first kappa shape index (κ1) is 26.2. The SMILES string of the molecule is CCN1C[C@@]2(OC(=O)c3ccccc3N)CC[C@H](OC)[C@@]34[C@@H]2C[C@@H]([C@@H]13)[C@]1(O)C[C@H](OC)[C@@H]2C[C@@H]4[C@]1(O)[C@H]2OC. The molecular weight excluding hydrogens is 500 g/mol. The van der Waals surface area contributed by atoms with Gasteiger partial charge in [0.15, 0.2) is 0 Å². The van der Waals surface area contributed by atoms with Gasteiger partial charge in [0, 0.05) is 75.1 Å². The van der Waals surface area contributed by atoms with Crippen molar-refractivity contribution in [3.05, 3.63) is 29.8 Å². The van der Waals surface area contributed by atoms with E-state index in [1.54, 1.807) is 39.5 Å². The number of piperidine rings is 1. The molecule has 6 aliphatic rings. The lowest BCUT2D eigenvalue weighted by Gasteiger charge is -2.70. The van der Waals surface area contributed by atoms with E-state index in [1.807, 2.05) is 6.07 Å². The van der Waals surface area contributed by atoms with Crippen LogP contribution in [0.2, 0.25) is 0 Å². The molecule has 0 unspecified atom stereocenters. The highest BCUT2D eigenvalue weighted by Gasteiger charge is 2.89. The molecular formula is C30H42N2O7. The van der Waals surface area contributed by atoms with E-state index in [1.165, 1.54) is 0 Å². The number of esters is 1. The van der Waals surface area contributed by atoms with Crippen LogP contribution < -0.4 is 5.73 Å². The number of benzene rings is 1. The van der Waals surface area contributed by atoms with Gasteiger partial charge in [-0.05, 0) is 44.4 Å². The van der Waals surface area contributed by atoms with Gasteiger partial charge in [-0.2, -0.15) is 0 Å². The zero-order chi connectivity index (χ0) is 27.5. The quantitative estimate of drug-likeness (QED) is 0.365. The molecule has 1 saturated heterocycles. The van der Waals surface area contributed by atoms with E-state index < -0.39 is 34.3 Å². The maximum Gasteiger partial charge on any atom is 0.340 e. The van der Waals surface area contributed by atoms with Gasteiger partial charge in [0.2, 0.25) is 0 Å². The Balaban J connectivity index is 1.42. The summed E-state index contributed by atoms with van der Waals surface area (Å²) in [7, 11) is 5.09. The number of carbonyl (C=O) groups excluding carboxylic acids is 1. The van der Waals surface area contributed by atoms with Gasteiger partial charge in [0.25, 0.3) is 0 Å². The monoisotopic (exact) mass is 542 g/mol. The Morgan fingerprint density at radius 1 is 1.10 bits per heavy atom. The van der Waals surface area contributed by atoms with Crippen LogP contribution in [-0.4, -0.2) is 96.7 Å². The molecule has 7 rings (SSSR count). The Labute approximate surface area is 229 Å². The highest BCUT2D eigenvalue weighted by atomic mass is 16.6. The number of aliphatic hydroxyl groups is 2. The molecule has 5 aliphatic carbocycles. The third kappa shape index (κ3) is 2.80. The first-order valence-corrected chi connectivity index (χ1v) is 14.5. The number of nitrogens with two attached hydrogens (primary N) is 1. The number of likely N-dealkylation sites (N-methyl/N-ethyl adjacent to an activating group) is 1. The topological polar surface area (TPSA) is 124 Å². The third-order valence-electron chi connectivity index (χ3n) is 12.4. The molecule has 1 aromatic rings. The number of methoxy groups -OCH3 is 3. The van der Waals surface area contributed by atoms with E-state index in [2.05, 4.69) is 11.8 Å². The van der Waals surface area contributed by atoms with Crippen LogP contribution >= 0.6 is 0 Å². The lowest BCUT2D eigenvalue weighted by molar-refractivity contribution is -0.337. The van der Waals surface area contributed by atoms with Crippen LogP contribution in [0.4, 0.5) is 5.69 Å². The molecule has 0 aromatic heterocycles. The van der Waals surface area contributed by atoms with Gasteiger partial charge in [-0.3, -0.25) is 4.90 Å². The molecule has 1 heterocycles. The summed E-state index contributed by atoms with van der Waals surface area (Å²) in [5.74, 6) is -1.06. The Morgan fingerprint density at radius 3 is 2.54 bits per heavy atom. The van der Waals surface area contributed by atoms with Crippen LogP contribution in [0.25, 0.3) is 0 Å². The number of hydrogen-bond acceptors (Lipinski definition) is 9. The smallest absolute Gasteiger partial charge is 0.340 e. The summed E-state index contributed by atoms with van der Waals surface area (Å²) in [6.45, 7) is 3.47. The average Bonchev–Trinajstić information content (AvgIpc) is 3.35. The van der Waals surface area contributed by atoms with Crippen molar-refractivity contribution in [2.45, 2.75) is 80.2 Å². The summed E-state index contributed by atoms with van der Waals surface area (Å²) in [4.78, 5) is 16.1. The largest absolute Gasteiger partial charge is 0.454 e. The van der Waals surface area contributed by atoms with Crippen LogP contribution in [0, 0.1) is 29.1 Å². The van der Waals surface area contributed by atoms with Crippen LogP contribution in [0.5, 0.6) is 0 Å². The van der Waals surface area contributed by atoms with Gasteiger partial charge < -0.3 is 34.9 Å². The molecule has 6 fully saturated rings. The average molecular weight is 543 g/mol. The van der Waals surface area contributed by atoms with Crippen molar-refractivity contribution in [3.8, 4) is 0 Å². The van der Waals surface area contributed by atoms with Crippen molar-refractivity contribution < 1.29 is 34.0 Å². The van der Waals surface area contributed by atoms with E-state index in [9.17, 15) is 15.0 Å². The predicted molar refractivity (Wildman–Crippen MR) is 142 cm³/mol. The summed E-state index contributed by atoms with van der Waals surface area (Å²) in [6, 6.07) is 7.04. The van der Waals surface area contributed by atoms with Crippen LogP contribution in [0.15, 0.2) is 24.3 Å². The minimum atomic E-state index is -1.44. The van der Waals surface area contributed by atoms with Crippen LogP contribution in [0.1, 0.15) is 49.4 Å². The maximum atomic E-state index is 13.7. The van der Waals surface area contributed by atoms with Gasteiger partial charge in [-0.1, -0.05) is 19.1 Å². The Morgan fingerprint density at radius 2 is 1.87 bits per heavy atom. The molecule has 9 nitrogen and oxygen atoms in total. The summed E-state index contributed by atoms with van der Waals surface area (Å²) in [5.41, 5.74) is 2.84. The van der Waals surface area contributed by atoms with E-state index in [0.717, 1.165) is 6.54 Å².